The Balaban J connectivity index is 2.92. The van der Waals surface area contributed by atoms with Crippen molar-refractivity contribution in [3.63, 3.8) is 0 Å². The SMILES string of the molecule is CCC(=N)/C(C(=O)OCC(=O)c1c(F)cccc1F)=C(/N)NCCS(C)(=O)=O. The first-order valence-electron chi connectivity index (χ1n) is 8.11. The summed E-state index contributed by atoms with van der Waals surface area (Å²) in [4.78, 5) is 24.2. The molecule has 0 atom stereocenters. The van der Waals surface area contributed by atoms with Crippen LogP contribution in [0.2, 0.25) is 0 Å². The van der Waals surface area contributed by atoms with E-state index in [-0.39, 0.29) is 30.3 Å². The molecule has 0 aliphatic rings. The van der Waals surface area contributed by atoms with Gasteiger partial charge in [-0.05, 0) is 18.6 Å². The number of Topliss-reactive ketones (excluding diaryl/α,β-unsaturated/α-hetero) is 1. The van der Waals surface area contributed by atoms with Crippen LogP contribution in [0.15, 0.2) is 29.6 Å². The number of nitrogens with two attached hydrogens (primary N) is 1. The monoisotopic (exact) mass is 417 g/mol. The molecule has 0 saturated heterocycles. The van der Waals surface area contributed by atoms with E-state index in [0.29, 0.717) is 0 Å². The van der Waals surface area contributed by atoms with Gasteiger partial charge < -0.3 is 21.2 Å². The first-order valence-corrected chi connectivity index (χ1v) is 10.2. The van der Waals surface area contributed by atoms with Crippen LogP contribution < -0.4 is 11.1 Å². The minimum Gasteiger partial charge on any atom is -0.454 e. The van der Waals surface area contributed by atoms with Gasteiger partial charge in [-0.25, -0.2) is 22.0 Å². The lowest BCUT2D eigenvalue weighted by atomic mass is 10.1. The Morgan fingerprint density at radius 3 is 2.32 bits per heavy atom. The van der Waals surface area contributed by atoms with Crippen molar-refractivity contribution in [2.24, 2.45) is 5.73 Å². The number of ether oxygens (including phenoxy) is 1. The predicted octanol–water partition coefficient (Wildman–Crippen LogP) is 0.925. The van der Waals surface area contributed by atoms with Gasteiger partial charge in [0.15, 0.2) is 6.61 Å². The zero-order valence-electron chi connectivity index (χ0n) is 15.3. The molecule has 28 heavy (non-hydrogen) atoms. The molecule has 0 aliphatic carbocycles. The highest BCUT2D eigenvalue weighted by Gasteiger charge is 2.23. The lowest BCUT2D eigenvalue weighted by Crippen LogP contribution is -2.32. The van der Waals surface area contributed by atoms with Crippen LogP contribution in [0, 0.1) is 17.0 Å². The molecule has 1 aromatic carbocycles. The van der Waals surface area contributed by atoms with Crippen LogP contribution in [0.25, 0.3) is 0 Å². The van der Waals surface area contributed by atoms with Gasteiger partial charge in [-0.3, -0.25) is 4.79 Å². The van der Waals surface area contributed by atoms with E-state index in [1.807, 2.05) is 0 Å². The van der Waals surface area contributed by atoms with Gasteiger partial charge in [-0.2, -0.15) is 0 Å². The minimum atomic E-state index is -3.28. The molecule has 0 spiro atoms. The number of hydrogen-bond acceptors (Lipinski definition) is 8. The number of carbonyl (C=O) groups excluding carboxylic acids is 2. The van der Waals surface area contributed by atoms with Gasteiger partial charge in [0.1, 0.15) is 32.9 Å². The van der Waals surface area contributed by atoms with Crippen LogP contribution >= 0.6 is 0 Å². The Bertz CT molecular complexity index is 893. The summed E-state index contributed by atoms with van der Waals surface area (Å²) in [7, 11) is -3.28. The van der Waals surface area contributed by atoms with Crippen LogP contribution in [-0.4, -0.2) is 51.0 Å². The molecule has 0 aromatic heterocycles. The quantitative estimate of drug-likeness (QED) is 0.223. The lowest BCUT2D eigenvalue weighted by molar-refractivity contribution is -0.137. The number of nitrogens with one attached hydrogen (secondary N) is 2. The highest BCUT2D eigenvalue weighted by atomic mass is 32.2. The van der Waals surface area contributed by atoms with Gasteiger partial charge in [0.2, 0.25) is 5.78 Å². The van der Waals surface area contributed by atoms with Gasteiger partial charge in [-0.1, -0.05) is 13.0 Å². The van der Waals surface area contributed by atoms with Crippen LogP contribution in [0.4, 0.5) is 8.78 Å². The highest BCUT2D eigenvalue weighted by Crippen LogP contribution is 2.14. The van der Waals surface area contributed by atoms with Crippen LogP contribution in [0.3, 0.4) is 0 Å². The van der Waals surface area contributed by atoms with Crippen LogP contribution in [0.1, 0.15) is 23.7 Å². The standard InChI is InChI=1S/C17H21F2N3O5S/c1-3-12(20)15(16(21)22-7-8-28(2,25)26)17(24)27-9-13(23)14-10(18)5-4-6-11(14)19/h4-6,20,22H,3,7-9,21H2,1-2H3/b16-15+,20-12?. The maximum Gasteiger partial charge on any atom is 0.344 e. The van der Waals surface area contributed by atoms with E-state index in [1.165, 1.54) is 0 Å². The fourth-order valence-electron chi connectivity index (χ4n) is 2.07. The third-order valence-electron chi connectivity index (χ3n) is 3.49. The number of ketones is 1. The van der Waals surface area contributed by atoms with Crippen molar-refractivity contribution < 1.29 is 31.5 Å². The van der Waals surface area contributed by atoms with Crippen LogP contribution in [0.5, 0.6) is 0 Å². The second-order valence-corrected chi connectivity index (χ2v) is 8.03. The zero-order valence-corrected chi connectivity index (χ0v) is 16.2. The Kier molecular flexibility index (Phi) is 8.23. The van der Waals surface area contributed by atoms with E-state index in [0.717, 1.165) is 24.5 Å². The molecule has 0 saturated carbocycles. The molecule has 0 amide bonds. The maximum atomic E-state index is 13.6. The summed E-state index contributed by atoms with van der Waals surface area (Å²) in [6.07, 6.45) is 1.11. The summed E-state index contributed by atoms with van der Waals surface area (Å²) in [5.74, 6) is -5.01. The van der Waals surface area contributed by atoms with Crippen LogP contribution in [-0.2, 0) is 19.4 Å². The maximum absolute atomic E-state index is 13.6. The van der Waals surface area contributed by atoms with E-state index >= 15 is 0 Å². The Morgan fingerprint density at radius 2 is 1.82 bits per heavy atom. The molecule has 8 nitrogen and oxygen atoms in total. The second kappa shape index (κ2) is 9.93. The Hall–Kier alpha value is -2.82. The van der Waals surface area contributed by atoms with E-state index in [9.17, 15) is 26.8 Å². The molecule has 0 radical (unpaired) electrons. The number of sulfone groups is 1. The topological polar surface area (TPSA) is 139 Å². The molecule has 4 N–H and O–H groups in total. The van der Waals surface area contributed by atoms with Crippen molar-refractivity contribution in [1.82, 2.24) is 5.32 Å². The Morgan fingerprint density at radius 1 is 1.25 bits per heavy atom. The fourth-order valence-corrected chi connectivity index (χ4v) is 2.54. The third-order valence-corrected chi connectivity index (χ3v) is 4.44. The van der Waals surface area contributed by atoms with Gasteiger partial charge in [0, 0.05) is 18.5 Å². The number of esters is 1. The molecule has 11 heteroatoms. The fraction of sp³-hybridized carbons (Fsp3) is 0.353. The van der Waals surface area contributed by atoms with Crippen molar-refractivity contribution >= 4 is 27.3 Å². The molecule has 154 valence electrons. The summed E-state index contributed by atoms with van der Waals surface area (Å²) >= 11 is 0. The molecule has 1 aromatic rings. The average molecular weight is 417 g/mol. The molecule has 0 aliphatic heterocycles. The normalized spacial score (nSPS) is 12.1. The molecular weight excluding hydrogens is 396 g/mol. The molecule has 0 bridgehead atoms. The van der Waals surface area contributed by atoms with Gasteiger partial charge in [-0.15, -0.1) is 0 Å². The smallest absolute Gasteiger partial charge is 0.344 e. The summed E-state index contributed by atoms with van der Waals surface area (Å²) in [5, 5.41) is 10.3. The van der Waals surface area contributed by atoms with Gasteiger partial charge >= 0.3 is 5.97 Å². The molecule has 0 unspecified atom stereocenters. The average Bonchev–Trinajstić information content (AvgIpc) is 2.58. The van der Waals surface area contributed by atoms with Gasteiger partial charge in [0.25, 0.3) is 0 Å². The van der Waals surface area contributed by atoms with Crippen molar-refractivity contribution in [1.29, 1.82) is 5.41 Å². The summed E-state index contributed by atoms with van der Waals surface area (Å²) < 4.78 is 54.3. The van der Waals surface area contributed by atoms with Crippen molar-refractivity contribution in [2.45, 2.75) is 13.3 Å². The number of halogens is 2. The van der Waals surface area contributed by atoms with Crippen molar-refractivity contribution in [2.75, 3.05) is 25.2 Å². The second-order valence-electron chi connectivity index (χ2n) is 5.77. The molecular formula is C17H21F2N3O5S. The lowest BCUT2D eigenvalue weighted by Gasteiger charge is -2.13. The number of carbonyl (C=O) groups is 2. The number of rotatable bonds is 10. The molecule has 0 heterocycles. The third kappa shape index (κ3) is 6.72. The highest BCUT2D eigenvalue weighted by molar-refractivity contribution is 7.90. The number of benzene rings is 1. The van der Waals surface area contributed by atoms with E-state index < -0.39 is 51.0 Å². The van der Waals surface area contributed by atoms with Crippen molar-refractivity contribution in [3.05, 3.63) is 46.8 Å². The zero-order chi connectivity index (χ0) is 21.5. The Labute approximate surface area is 161 Å². The molecule has 0 fully saturated rings. The first-order chi connectivity index (χ1) is 13.0. The number of hydrogen-bond donors (Lipinski definition) is 3. The predicted molar refractivity (Wildman–Crippen MR) is 98.6 cm³/mol. The summed E-state index contributed by atoms with van der Waals surface area (Å²) in [5.41, 5.74) is 4.26. The van der Waals surface area contributed by atoms with E-state index in [1.54, 1.807) is 6.92 Å². The molecule has 1 rings (SSSR count). The minimum absolute atomic E-state index is 0.0920. The van der Waals surface area contributed by atoms with Gasteiger partial charge in [0.05, 0.1) is 11.3 Å². The largest absolute Gasteiger partial charge is 0.454 e. The summed E-state index contributed by atoms with van der Waals surface area (Å²) in [6, 6.07) is 2.86. The van der Waals surface area contributed by atoms with E-state index in [4.69, 9.17) is 15.9 Å². The summed E-state index contributed by atoms with van der Waals surface area (Å²) in [6.45, 7) is 0.491. The van der Waals surface area contributed by atoms with E-state index in [2.05, 4.69) is 5.32 Å². The van der Waals surface area contributed by atoms with Crippen molar-refractivity contribution in [3.8, 4) is 0 Å². The first kappa shape index (κ1) is 23.2.